The van der Waals surface area contributed by atoms with Gasteiger partial charge in [0.05, 0.1) is 0 Å². The Bertz CT molecular complexity index is 637. The topological polar surface area (TPSA) is 0 Å². The Hall–Kier alpha value is -1.56. The molecule has 0 saturated heterocycles. The summed E-state index contributed by atoms with van der Waals surface area (Å²) in [7, 11) is 0. The molecule has 0 unspecified atom stereocenters. The van der Waals surface area contributed by atoms with Crippen LogP contribution in [-0.4, -0.2) is 0 Å². The lowest BCUT2D eigenvalue weighted by molar-refractivity contribution is 0.356. The molecular formula is C25H32. The van der Waals surface area contributed by atoms with Crippen LogP contribution in [0, 0.1) is 5.92 Å². The number of hydrogen-bond donors (Lipinski definition) is 0. The molecule has 0 amide bonds. The molecule has 0 atom stereocenters. The van der Waals surface area contributed by atoms with Gasteiger partial charge in [-0.25, -0.2) is 0 Å². The predicted molar refractivity (Wildman–Crippen MR) is 108 cm³/mol. The van der Waals surface area contributed by atoms with Gasteiger partial charge in [0.25, 0.3) is 0 Å². The van der Waals surface area contributed by atoms with Crippen molar-refractivity contribution < 1.29 is 0 Å². The zero-order valence-corrected chi connectivity index (χ0v) is 15.6. The van der Waals surface area contributed by atoms with E-state index in [2.05, 4.69) is 48.5 Å². The molecule has 0 nitrogen and oxygen atoms in total. The first-order valence-corrected chi connectivity index (χ1v) is 10.6. The van der Waals surface area contributed by atoms with Gasteiger partial charge in [-0.05, 0) is 53.4 Å². The molecule has 0 N–H and O–H groups in total. The molecule has 4 rings (SSSR count). The van der Waals surface area contributed by atoms with Crippen LogP contribution in [0.5, 0.6) is 0 Å². The van der Waals surface area contributed by atoms with Crippen molar-refractivity contribution in [2.75, 3.05) is 0 Å². The van der Waals surface area contributed by atoms with E-state index < -0.39 is 0 Å². The van der Waals surface area contributed by atoms with E-state index in [9.17, 15) is 0 Å². The molecule has 0 heterocycles. The van der Waals surface area contributed by atoms with E-state index in [0.29, 0.717) is 0 Å². The first-order chi connectivity index (χ1) is 12.4. The SMILES string of the molecule is c1cc(-c2ccc(C3CCCCC3)cc2)ccc1CC1CCCCC1. The monoisotopic (exact) mass is 332 g/mol. The van der Waals surface area contributed by atoms with Gasteiger partial charge in [0, 0.05) is 0 Å². The summed E-state index contributed by atoms with van der Waals surface area (Å²) in [6, 6.07) is 18.8. The Balaban J connectivity index is 1.40. The predicted octanol–water partition coefficient (Wildman–Crippen LogP) is 7.52. The molecule has 0 aliphatic heterocycles. The van der Waals surface area contributed by atoms with Gasteiger partial charge in [-0.2, -0.15) is 0 Å². The molecule has 2 aromatic rings. The quantitative estimate of drug-likeness (QED) is 0.543. The van der Waals surface area contributed by atoms with E-state index in [0.717, 1.165) is 11.8 Å². The Morgan fingerprint density at radius 3 is 1.68 bits per heavy atom. The highest BCUT2D eigenvalue weighted by molar-refractivity contribution is 5.64. The van der Waals surface area contributed by atoms with E-state index in [1.807, 2.05) is 0 Å². The van der Waals surface area contributed by atoms with Crippen molar-refractivity contribution in [3.8, 4) is 11.1 Å². The van der Waals surface area contributed by atoms with Crippen molar-refractivity contribution in [1.82, 2.24) is 0 Å². The van der Waals surface area contributed by atoms with Gasteiger partial charge in [-0.1, -0.05) is 99.9 Å². The number of hydrogen-bond acceptors (Lipinski definition) is 0. The van der Waals surface area contributed by atoms with Gasteiger partial charge < -0.3 is 0 Å². The molecule has 2 aromatic carbocycles. The van der Waals surface area contributed by atoms with Crippen molar-refractivity contribution in [1.29, 1.82) is 0 Å². The third-order valence-electron chi connectivity index (χ3n) is 6.52. The van der Waals surface area contributed by atoms with Crippen molar-refractivity contribution in [3.05, 3.63) is 59.7 Å². The molecular weight excluding hydrogens is 300 g/mol. The van der Waals surface area contributed by atoms with Gasteiger partial charge >= 0.3 is 0 Å². The van der Waals surface area contributed by atoms with Gasteiger partial charge in [0.1, 0.15) is 0 Å². The molecule has 0 heteroatoms. The molecule has 2 saturated carbocycles. The molecule has 2 aliphatic rings. The largest absolute Gasteiger partial charge is 0.0584 e. The van der Waals surface area contributed by atoms with E-state index in [1.165, 1.54) is 87.3 Å². The lowest BCUT2D eigenvalue weighted by atomic mass is 9.83. The average Bonchev–Trinajstić information content (AvgIpc) is 2.70. The summed E-state index contributed by atoms with van der Waals surface area (Å²) < 4.78 is 0. The minimum Gasteiger partial charge on any atom is -0.0584 e. The molecule has 0 spiro atoms. The van der Waals surface area contributed by atoms with Crippen LogP contribution in [0.25, 0.3) is 11.1 Å². The molecule has 0 radical (unpaired) electrons. The first kappa shape index (κ1) is 16.9. The molecule has 25 heavy (non-hydrogen) atoms. The highest BCUT2D eigenvalue weighted by atomic mass is 14.2. The van der Waals surface area contributed by atoms with Crippen molar-refractivity contribution in [2.24, 2.45) is 5.92 Å². The maximum Gasteiger partial charge on any atom is -0.0162 e. The maximum atomic E-state index is 2.38. The second kappa shape index (κ2) is 8.21. The van der Waals surface area contributed by atoms with Gasteiger partial charge in [-0.3, -0.25) is 0 Å². The second-order valence-electron chi connectivity index (χ2n) is 8.36. The van der Waals surface area contributed by atoms with Crippen molar-refractivity contribution in [2.45, 2.75) is 76.5 Å². The number of rotatable bonds is 4. The normalized spacial score (nSPS) is 19.8. The van der Waals surface area contributed by atoms with Crippen LogP contribution in [0.1, 0.15) is 81.3 Å². The minimum absolute atomic E-state index is 0.806. The number of benzene rings is 2. The van der Waals surface area contributed by atoms with Crippen molar-refractivity contribution >= 4 is 0 Å². The fourth-order valence-electron chi connectivity index (χ4n) is 4.94. The van der Waals surface area contributed by atoms with Crippen LogP contribution < -0.4 is 0 Å². The summed E-state index contributed by atoms with van der Waals surface area (Å²) in [6.45, 7) is 0. The Morgan fingerprint density at radius 1 is 0.560 bits per heavy atom. The summed E-state index contributed by atoms with van der Waals surface area (Å²) in [5.41, 5.74) is 5.80. The average molecular weight is 333 g/mol. The second-order valence-corrected chi connectivity index (χ2v) is 8.36. The standard InChI is InChI=1S/C25H32/c1-3-7-20(8-4-1)19-21-11-13-23(14-12-21)25-17-15-24(16-18-25)22-9-5-2-6-10-22/h11-18,20,22H,1-10,19H2. The van der Waals surface area contributed by atoms with Crippen LogP contribution in [-0.2, 0) is 6.42 Å². The lowest BCUT2D eigenvalue weighted by Gasteiger charge is -2.22. The van der Waals surface area contributed by atoms with E-state index in [1.54, 1.807) is 5.56 Å². The molecule has 2 fully saturated rings. The summed E-state index contributed by atoms with van der Waals surface area (Å²) in [5, 5.41) is 0. The Morgan fingerprint density at radius 2 is 1.08 bits per heavy atom. The summed E-state index contributed by atoms with van der Waals surface area (Å²) >= 11 is 0. The van der Waals surface area contributed by atoms with Crippen LogP contribution in [0.3, 0.4) is 0 Å². The zero-order chi connectivity index (χ0) is 16.9. The van der Waals surface area contributed by atoms with E-state index in [4.69, 9.17) is 0 Å². The van der Waals surface area contributed by atoms with E-state index in [-0.39, 0.29) is 0 Å². The maximum absolute atomic E-state index is 2.38. The van der Waals surface area contributed by atoms with Crippen molar-refractivity contribution in [3.63, 3.8) is 0 Å². The third kappa shape index (κ3) is 4.35. The molecule has 2 aliphatic carbocycles. The van der Waals surface area contributed by atoms with Gasteiger partial charge in [0.15, 0.2) is 0 Å². The summed E-state index contributed by atoms with van der Waals surface area (Å²) in [5.74, 6) is 1.73. The highest BCUT2D eigenvalue weighted by Crippen LogP contribution is 2.34. The fraction of sp³-hybridized carbons (Fsp3) is 0.520. The third-order valence-corrected chi connectivity index (χ3v) is 6.52. The van der Waals surface area contributed by atoms with E-state index >= 15 is 0 Å². The van der Waals surface area contributed by atoms with Crippen LogP contribution in [0.15, 0.2) is 48.5 Å². The summed E-state index contributed by atoms with van der Waals surface area (Å²) in [4.78, 5) is 0. The van der Waals surface area contributed by atoms with Crippen LogP contribution in [0.4, 0.5) is 0 Å². The molecule has 0 bridgehead atoms. The summed E-state index contributed by atoms with van der Waals surface area (Å²) in [6.07, 6.45) is 15.5. The zero-order valence-electron chi connectivity index (χ0n) is 15.6. The first-order valence-electron chi connectivity index (χ1n) is 10.6. The fourth-order valence-corrected chi connectivity index (χ4v) is 4.94. The highest BCUT2D eigenvalue weighted by Gasteiger charge is 2.16. The molecule has 132 valence electrons. The smallest absolute Gasteiger partial charge is 0.0162 e. The van der Waals surface area contributed by atoms with Gasteiger partial charge in [-0.15, -0.1) is 0 Å². The Labute approximate surface area is 153 Å². The van der Waals surface area contributed by atoms with Crippen LogP contribution >= 0.6 is 0 Å². The van der Waals surface area contributed by atoms with Crippen LogP contribution in [0.2, 0.25) is 0 Å². The minimum atomic E-state index is 0.806. The lowest BCUT2D eigenvalue weighted by Crippen LogP contribution is -2.09. The Kier molecular flexibility index (Phi) is 5.55. The van der Waals surface area contributed by atoms with Gasteiger partial charge in [0.2, 0.25) is 0 Å². The molecule has 0 aromatic heterocycles.